The van der Waals surface area contributed by atoms with Gasteiger partial charge in [-0.1, -0.05) is 42.2 Å². The number of aryl methyl sites for hydroxylation is 1. The number of aromatic nitrogens is 1. The standard InChI is InChI=1S/C15H14NS/c1-3-14-16(4-2)15-12-8-6-5-7-11(12)9-10-13(15)17-14/h3,5-10H,1,4H2,2H3/q+1. The Morgan fingerprint density at radius 3 is 2.82 bits per heavy atom. The molecule has 3 rings (SSSR count). The minimum absolute atomic E-state index is 0.982. The molecule has 3 aromatic rings. The lowest BCUT2D eigenvalue weighted by molar-refractivity contribution is -0.664. The van der Waals surface area contributed by atoms with Crippen LogP contribution in [0.1, 0.15) is 11.9 Å². The smallest absolute Gasteiger partial charge is 0.182 e. The van der Waals surface area contributed by atoms with Gasteiger partial charge in [-0.2, -0.15) is 4.57 Å². The first-order chi connectivity index (χ1) is 8.35. The van der Waals surface area contributed by atoms with Crippen LogP contribution in [0.2, 0.25) is 0 Å². The molecule has 0 unspecified atom stereocenters. The molecule has 1 nitrogen and oxygen atoms in total. The van der Waals surface area contributed by atoms with Gasteiger partial charge in [0.25, 0.3) is 5.01 Å². The second-order valence-corrected chi connectivity index (χ2v) is 5.08. The highest BCUT2D eigenvalue weighted by atomic mass is 32.1. The summed E-state index contributed by atoms with van der Waals surface area (Å²) in [4.78, 5) is 0. The summed E-state index contributed by atoms with van der Waals surface area (Å²) in [7, 11) is 0. The van der Waals surface area contributed by atoms with Crippen molar-refractivity contribution in [3.63, 3.8) is 0 Å². The molecule has 0 aliphatic carbocycles. The number of fused-ring (bicyclic) bond motifs is 3. The molecule has 1 heterocycles. The number of thiazole rings is 1. The zero-order chi connectivity index (χ0) is 11.8. The molecular weight excluding hydrogens is 226 g/mol. The van der Waals surface area contributed by atoms with Gasteiger partial charge in [0, 0.05) is 6.08 Å². The van der Waals surface area contributed by atoms with E-state index in [1.807, 2.05) is 17.4 Å². The topological polar surface area (TPSA) is 3.88 Å². The molecule has 2 aromatic carbocycles. The van der Waals surface area contributed by atoms with Gasteiger partial charge in [0.15, 0.2) is 0 Å². The Morgan fingerprint density at radius 2 is 2.06 bits per heavy atom. The summed E-state index contributed by atoms with van der Waals surface area (Å²) in [5.41, 5.74) is 1.34. The van der Waals surface area contributed by atoms with Gasteiger partial charge in [0.1, 0.15) is 11.2 Å². The Balaban J connectivity index is 2.55. The summed E-state index contributed by atoms with van der Waals surface area (Å²) in [6.45, 7) is 7.07. The maximum absolute atomic E-state index is 3.90. The Morgan fingerprint density at radius 1 is 1.24 bits per heavy atom. The SMILES string of the molecule is C=Cc1sc2ccc3ccccc3c2[n+]1CC. The van der Waals surface area contributed by atoms with E-state index in [0.717, 1.165) is 6.54 Å². The van der Waals surface area contributed by atoms with Gasteiger partial charge < -0.3 is 0 Å². The van der Waals surface area contributed by atoms with E-state index >= 15 is 0 Å². The molecule has 84 valence electrons. The van der Waals surface area contributed by atoms with Gasteiger partial charge in [-0.15, -0.1) is 0 Å². The molecular formula is C15H14NS+. The summed E-state index contributed by atoms with van der Waals surface area (Å²) < 4.78 is 3.68. The lowest BCUT2D eigenvalue weighted by Crippen LogP contribution is -2.33. The van der Waals surface area contributed by atoms with E-state index < -0.39 is 0 Å². The molecule has 0 radical (unpaired) electrons. The Hall–Kier alpha value is -1.67. The van der Waals surface area contributed by atoms with Gasteiger partial charge in [0.05, 0.1) is 5.39 Å². The summed E-state index contributed by atoms with van der Waals surface area (Å²) in [5.74, 6) is 0. The fourth-order valence-electron chi connectivity index (χ4n) is 2.34. The van der Waals surface area contributed by atoms with Crippen LogP contribution < -0.4 is 4.57 Å². The van der Waals surface area contributed by atoms with Gasteiger partial charge in [-0.05, 0) is 24.4 Å². The summed E-state index contributed by atoms with van der Waals surface area (Å²) in [6.07, 6.45) is 1.95. The minimum atomic E-state index is 0.982. The molecule has 0 bridgehead atoms. The second-order valence-electron chi connectivity index (χ2n) is 4.02. The van der Waals surface area contributed by atoms with Crippen molar-refractivity contribution in [2.45, 2.75) is 13.5 Å². The van der Waals surface area contributed by atoms with Crippen LogP contribution in [0, 0.1) is 0 Å². The minimum Gasteiger partial charge on any atom is -0.182 e. The van der Waals surface area contributed by atoms with E-state index in [0.29, 0.717) is 0 Å². The molecule has 0 saturated heterocycles. The van der Waals surface area contributed by atoms with Crippen molar-refractivity contribution in [2.75, 3.05) is 0 Å². The van der Waals surface area contributed by atoms with Crippen molar-refractivity contribution >= 4 is 38.4 Å². The number of nitrogens with zero attached hydrogens (tertiary/aromatic N) is 1. The van der Waals surface area contributed by atoms with Crippen molar-refractivity contribution in [3.05, 3.63) is 48.0 Å². The van der Waals surface area contributed by atoms with Crippen LogP contribution in [0.25, 0.3) is 27.1 Å². The van der Waals surface area contributed by atoms with Crippen LogP contribution in [-0.4, -0.2) is 0 Å². The third-order valence-corrected chi connectivity index (χ3v) is 4.25. The predicted octanol–water partition coefficient (Wildman–Crippen LogP) is 4.00. The van der Waals surface area contributed by atoms with Gasteiger partial charge in [-0.25, -0.2) is 0 Å². The highest BCUT2D eigenvalue weighted by Crippen LogP contribution is 2.28. The average molecular weight is 240 g/mol. The second kappa shape index (κ2) is 3.97. The highest BCUT2D eigenvalue weighted by molar-refractivity contribution is 7.19. The molecule has 1 aromatic heterocycles. The molecule has 0 fully saturated rings. The van der Waals surface area contributed by atoms with Crippen molar-refractivity contribution in [1.82, 2.24) is 0 Å². The Bertz CT molecular complexity index is 709. The molecule has 0 aliphatic heterocycles. The number of hydrogen-bond donors (Lipinski definition) is 0. The predicted molar refractivity (Wildman–Crippen MR) is 75.3 cm³/mol. The van der Waals surface area contributed by atoms with Crippen molar-refractivity contribution in [3.8, 4) is 0 Å². The van der Waals surface area contributed by atoms with Crippen molar-refractivity contribution in [2.24, 2.45) is 0 Å². The highest BCUT2D eigenvalue weighted by Gasteiger charge is 2.18. The third-order valence-electron chi connectivity index (χ3n) is 3.10. The average Bonchev–Trinajstić information content (AvgIpc) is 2.76. The monoisotopic (exact) mass is 240 g/mol. The molecule has 2 heteroatoms. The fraction of sp³-hybridized carbons (Fsp3) is 0.133. The lowest BCUT2D eigenvalue weighted by Gasteiger charge is -1.97. The normalized spacial score (nSPS) is 11.1. The Labute approximate surface area is 105 Å². The molecule has 0 spiro atoms. The van der Waals surface area contributed by atoms with Gasteiger partial charge in [-0.3, -0.25) is 0 Å². The molecule has 0 N–H and O–H groups in total. The van der Waals surface area contributed by atoms with E-state index in [1.54, 1.807) is 0 Å². The van der Waals surface area contributed by atoms with E-state index in [4.69, 9.17) is 0 Å². The first-order valence-corrected chi connectivity index (χ1v) is 6.63. The molecule has 0 saturated carbocycles. The van der Waals surface area contributed by atoms with E-state index in [2.05, 4.69) is 54.5 Å². The van der Waals surface area contributed by atoms with Crippen LogP contribution in [0.5, 0.6) is 0 Å². The van der Waals surface area contributed by atoms with Crippen LogP contribution in [0.3, 0.4) is 0 Å². The maximum atomic E-state index is 3.90. The lowest BCUT2D eigenvalue weighted by atomic mass is 10.1. The summed E-state index contributed by atoms with van der Waals surface area (Å²) >= 11 is 1.81. The van der Waals surface area contributed by atoms with E-state index in [-0.39, 0.29) is 0 Å². The zero-order valence-electron chi connectivity index (χ0n) is 9.81. The Kier molecular flexibility index (Phi) is 2.45. The number of benzene rings is 2. The van der Waals surface area contributed by atoms with Crippen molar-refractivity contribution in [1.29, 1.82) is 0 Å². The fourth-order valence-corrected chi connectivity index (χ4v) is 3.43. The van der Waals surface area contributed by atoms with Crippen molar-refractivity contribution < 1.29 is 4.57 Å². The first-order valence-electron chi connectivity index (χ1n) is 5.81. The number of hydrogen-bond acceptors (Lipinski definition) is 1. The quantitative estimate of drug-likeness (QED) is 0.596. The summed E-state index contributed by atoms with van der Waals surface area (Å²) in [6, 6.07) is 13.0. The van der Waals surface area contributed by atoms with Gasteiger partial charge in [0.2, 0.25) is 5.52 Å². The van der Waals surface area contributed by atoms with E-state index in [9.17, 15) is 0 Å². The molecule has 0 aliphatic rings. The van der Waals surface area contributed by atoms with Crippen LogP contribution in [0.4, 0.5) is 0 Å². The molecule has 17 heavy (non-hydrogen) atoms. The maximum Gasteiger partial charge on any atom is 0.262 e. The van der Waals surface area contributed by atoms with E-state index in [1.165, 1.54) is 26.0 Å². The molecule has 0 amide bonds. The third kappa shape index (κ3) is 1.48. The van der Waals surface area contributed by atoms with Gasteiger partial charge >= 0.3 is 0 Å². The first kappa shape index (κ1) is 10.5. The zero-order valence-corrected chi connectivity index (χ0v) is 10.6. The number of rotatable bonds is 2. The van der Waals surface area contributed by atoms with Crippen LogP contribution in [-0.2, 0) is 6.54 Å². The summed E-state index contributed by atoms with van der Waals surface area (Å²) in [5, 5.41) is 3.87. The van der Waals surface area contributed by atoms with Crippen LogP contribution >= 0.6 is 11.3 Å². The molecule has 0 atom stereocenters. The van der Waals surface area contributed by atoms with Crippen LogP contribution in [0.15, 0.2) is 43.0 Å². The largest absolute Gasteiger partial charge is 0.262 e.